The zero-order valence-electron chi connectivity index (χ0n) is 14.3. The molecule has 7 heteroatoms. The number of hydrogen-bond acceptors (Lipinski definition) is 5. The molecule has 0 aliphatic carbocycles. The van der Waals surface area contributed by atoms with Crippen LogP contribution in [0.3, 0.4) is 0 Å². The third-order valence-corrected chi connectivity index (χ3v) is 4.79. The molecule has 1 unspecified atom stereocenters. The Bertz CT molecular complexity index is 837. The van der Waals surface area contributed by atoms with E-state index in [-0.39, 0.29) is 6.61 Å². The summed E-state index contributed by atoms with van der Waals surface area (Å²) in [6, 6.07) is 10.4. The van der Waals surface area contributed by atoms with Crippen LogP contribution in [-0.4, -0.2) is 29.6 Å². The second-order valence-electron chi connectivity index (χ2n) is 5.95. The summed E-state index contributed by atoms with van der Waals surface area (Å²) in [5, 5.41) is 0.433. The fourth-order valence-corrected chi connectivity index (χ4v) is 3.56. The molecule has 2 aromatic rings. The first-order valence-electron chi connectivity index (χ1n) is 8.17. The molecule has 1 heterocycles. The number of carbonyl (C=O) groups excluding carboxylic acids is 1. The van der Waals surface area contributed by atoms with Crippen molar-refractivity contribution in [2.45, 2.75) is 18.8 Å². The van der Waals surface area contributed by atoms with Crippen LogP contribution in [0.1, 0.15) is 27.9 Å². The lowest BCUT2D eigenvalue weighted by Gasteiger charge is -2.12. The van der Waals surface area contributed by atoms with Crippen molar-refractivity contribution in [2.75, 3.05) is 19.5 Å². The zero-order chi connectivity index (χ0) is 18.5. The van der Waals surface area contributed by atoms with Gasteiger partial charge in [-0.2, -0.15) is 0 Å². The number of ether oxygens (including phenoxy) is 3. The average molecular weight is 395 g/mol. The summed E-state index contributed by atoms with van der Waals surface area (Å²) in [5.74, 6) is 1.05. The summed E-state index contributed by atoms with van der Waals surface area (Å²) < 4.78 is 27.9. The van der Waals surface area contributed by atoms with Crippen LogP contribution in [0.2, 0.25) is 5.02 Å². The number of halogens is 1. The van der Waals surface area contributed by atoms with E-state index in [9.17, 15) is 9.00 Å². The summed E-state index contributed by atoms with van der Waals surface area (Å²) in [6.07, 6.45) is 2.41. The van der Waals surface area contributed by atoms with Gasteiger partial charge in [-0.1, -0.05) is 23.7 Å². The van der Waals surface area contributed by atoms with Gasteiger partial charge < -0.3 is 14.2 Å². The molecule has 0 aromatic heterocycles. The van der Waals surface area contributed by atoms with Gasteiger partial charge in [0.15, 0.2) is 11.5 Å². The lowest BCUT2D eigenvalue weighted by atomic mass is 10.1. The first-order chi connectivity index (χ1) is 12.5. The molecule has 1 atom stereocenters. The second-order valence-corrected chi connectivity index (χ2v) is 7.79. The molecular formula is C19H19ClO5S. The van der Waals surface area contributed by atoms with Crippen molar-refractivity contribution in [3.63, 3.8) is 0 Å². The fraction of sp³-hybridized carbons (Fsp3) is 0.316. The van der Waals surface area contributed by atoms with Crippen LogP contribution in [0.5, 0.6) is 11.5 Å². The van der Waals surface area contributed by atoms with E-state index in [1.54, 1.807) is 36.6 Å². The van der Waals surface area contributed by atoms with E-state index in [2.05, 4.69) is 0 Å². The number of hydrogen-bond donors (Lipinski definition) is 0. The highest BCUT2D eigenvalue weighted by atomic mass is 35.5. The maximum absolute atomic E-state index is 12.3. The van der Waals surface area contributed by atoms with Gasteiger partial charge in [-0.05, 0) is 35.4 Å². The van der Waals surface area contributed by atoms with Gasteiger partial charge in [-0.15, -0.1) is 0 Å². The minimum Gasteiger partial charge on any atom is -0.489 e. The van der Waals surface area contributed by atoms with Crippen LogP contribution in [-0.2, 0) is 27.9 Å². The Morgan fingerprint density at radius 2 is 2.00 bits per heavy atom. The molecule has 1 aliphatic rings. The van der Waals surface area contributed by atoms with Crippen molar-refractivity contribution >= 4 is 28.4 Å². The molecule has 0 spiro atoms. The van der Waals surface area contributed by atoms with Gasteiger partial charge in [-0.3, -0.25) is 4.21 Å². The van der Waals surface area contributed by atoms with Gasteiger partial charge in [-0.25, -0.2) is 4.79 Å². The highest BCUT2D eigenvalue weighted by Gasteiger charge is 2.16. The third-order valence-electron chi connectivity index (χ3n) is 3.76. The predicted octanol–water partition coefficient (Wildman–Crippen LogP) is 3.74. The Labute approximate surface area is 159 Å². The summed E-state index contributed by atoms with van der Waals surface area (Å²) in [5.41, 5.74) is 1.98. The van der Waals surface area contributed by atoms with Crippen molar-refractivity contribution in [3.05, 3.63) is 58.1 Å². The van der Waals surface area contributed by atoms with Gasteiger partial charge in [0, 0.05) is 29.2 Å². The Hall–Kier alpha value is -2.05. The molecule has 0 bridgehead atoms. The van der Waals surface area contributed by atoms with E-state index in [0.717, 1.165) is 17.5 Å². The summed E-state index contributed by atoms with van der Waals surface area (Å²) in [7, 11) is -0.970. The van der Waals surface area contributed by atoms with Crippen LogP contribution < -0.4 is 9.47 Å². The maximum atomic E-state index is 12.3. The van der Waals surface area contributed by atoms with Crippen LogP contribution in [0.25, 0.3) is 0 Å². The predicted molar refractivity (Wildman–Crippen MR) is 100 cm³/mol. The summed E-state index contributed by atoms with van der Waals surface area (Å²) in [6.45, 7) is 1.18. The molecule has 0 amide bonds. The number of carbonyl (C=O) groups is 1. The summed E-state index contributed by atoms with van der Waals surface area (Å²) in [4.78, 5) is 12.3. The lowest BCUT2D eigenvalue weighted by Crippen LogP contribution is -2.06. The molecule has 1 aliphatic heterocycles. The van der Waals surface area contributed by atoms with E-state index in [0.29, 0.717) is 41.1 Å². The number of benzene rings is 2. The minimum atomic E-state index is -0.970. The lowest BCUT2D eigenvalue weighted by molar-refractivity contribution is 0.0472. The van der Waals surface area contributed by atoms with Crippen LogP contribution in [0.4, 0.5) is 0 Å². The standard InChI is InChI=1S/C19H19ClO5S/c1-26(22)12-13-4-2-5-15(8-13)19(21)25-11-14-9-16(20)18-17(10-14)23-6-3-7-24-18/h2,4-5,8-10H,3,6-7,11-12H2,1H3. The van der Waals surface area contributed by atoms with E-state index < -0.39 is 16.8 Å². The molecule has 0 radical (unpaired) electrons. The molecule has 0 N–H and O–H groups in total. The van der Waals surface area contributed by atoms with Crippen LogP contribution in [0.15, 0.2) is 36.4 Å². The second kappa shape index (κ2) is 8.56. The van der Waals surface area contributed by atoms with Crippen molar-refractivity contribution in [1.29, 1.82) is 0 Å². The molecule has 0 fully saturated rings. The van der Waals surface area contributed by atoms with Crippen molar-refractivity contribution in [1.82, 2.24) is 0 Å². The number of esters is 1. The van der Waals surface area contributed by atoms with Gasteiger partial charge in [0.2, 0.25) is 0 Å². The largest absolute Gasteiger partial charge is 0.489 e. The van der Waals surface area contributed by atoms with Crippen LogP contribution >= 0.6 is 11.6 Å². The molecular weight excluding hydrogens is 376 g/mol. The van der Waals surface area contributed by atoms with Gasteiger partial charge >= 0.3 is 5.97 Å². The van der Waals surface area contributed by atoms with Crippen molar-refractivity contribution < 1.29 is 23.2 Å². The molecule has 26 heavy (non-hydrogen) atoms. The Morgan fingerprint density at radius 3 is 2.81 bits per heavy atom. The highest BCUT2D eigenvalue weighted by Crippen LogP contribution is 2.38. The average Bonchev–Trinajstić information content (AvgIpc) is 2.85. The molecule has 2 aromatic carbocycles. The quantitative estimate of drug-likeness (QED) is 0.723. The SMILES string of the molecule is CS(=O)Cc1cccc(C(=O)OCc2cc(Cl)c3c(c2)OCCCO3)c1. The van der Waals surface area contributed by atoms with Crippen molar-refractivity contribution in [2.24, 2.45) is 0 Å². The fourth-order valence-electron chi connectivity index (χ4n) is 2.62. The minimum absolute atomic E-state index is 0.0686. The zero-order valence-corrected chi connectivity index (χ0v) is 15.9. The highest BCUT2D eigenvalue weighted by molar-refractivity contribution is 7.83. The first-order valence-corrected chi connectivity index (χ1v) is 10.3. The van der Waals surface area contributed by atoms with Gasteiger partial charge in [0.05, 0.1) is 23.8 Å². The first kappa shape index (κ1) is 18.7. The molecule has 0 saturated heterocycles. The van der Waals surface area contributed by atoms with Crippen molar-refractivity contribution in [3.8, 4) is 11.5 Å². The van der Waals surface area contributed by atoms with Gasteiger partial charge in [0.1, 0.15) is 6.61 Å². The van der Waals surface area contributed by atoms with E-state index >= 15 is 0 Å². The molecule has 5 nitrogen and oxygen atoms in total. The topological polar surface area (TPSA) is 61.8 Å². The van der Waals surface area contributed by atoms with Gasteiger partial charge in [0.25, 0.3) is 0 Å². The molecule has 3 rings (SSSR count). The van der Waals surface area contributed by atoms with Crippen LogP contribution in [0, 0.1) is 0 Å². The Morgan fingerprint density at radius 1 is 1.19 bits per heavy atom. The summed E-state index contributed by atoms with van der Waals surface area (Å²) >= 11 is 6.25. The van der Waals surface area contributed by atoms with E-state index in [4.69, 9.17) is 25.8 Å². The van der Waals surface area contributed by atoms with E-state index in [1.165, 1.54) is 0 Å². The maximum Gasteiger partial charge on any atom is 0.338 e. The smallest absolute Gasteiger partial charge is 0.338 e. The number of rotatable bonds is 5. The monoisotopic (exact) mass is 394 g/mol. The number of fused-ring (bicyclic) bond motifs is 1. The van der Waals surface area contributed by atoms with E-state index in [1.807, 2.05) is 6.07 Å². The Balaban J connectivity index is 1.69. The Kier molecular flexibility index (Phi) is 6.16. The molecule has 138 valence electrons. The molecule has 0 saturated carbocycles. The third kappa shape index (κ3) is 4.77. The normalized spacial score (nSPS) is 14.4.